The topological polar surface area (TPSA) is 92.3 Å². The van der Waals surface area contributed by atoms with E-state index in [9.17, 15) is 14.5 Å². The summed E-state index contributed by atoms with van der Waals surface area (Å²) in [7, 11) is 1.49. The van der Waals surface area contributed by atoms with Gasteiger partial charge in [-0.25, -0.2) is 4.39 Å². The third-order valence-corrected chi connectivity index (χ3v) is 7.04. The van der Waals surface area contributed by atoms with Crippen molar-refractivity contribution in [2.24, 2.45) is 0 Å². The maximum Gasteiger partial charge on any atom is 0.220 e. The fraction of sp³-hybridized carbons (Fsp3) is 0.200. The molecule has 0 spiro atoms. The lowest BCUT2D eigenvalue weighted by molar-refractivity contribution is -0.479. The third-order valence-electron chi connectivity index (χ3n) is 5.27. The molecule has 8 nitrogen and oxygen atoms in total. The molecule has 0 saturated carbocycles. The van der Waals surface area contributed by atoms with Crippen LogP contribution in [0, 0.1) is 22.9 Å². The Balaban J connectivity index is 1.65. The zero-order valence-corrected chi connectivity index (χ0v) is 21.8. The van der Waals surface area contributed by atoms with E-state index >= 15 is 0 Å². The predicted octanol–water partition coefficient (Wildman–Crippen LogP) is 6.18. The number of aromatic nitrogens is 3. The Morgan fingerprint density at radius 2 is 1.92 bits per heavy atom. The molecule has 0 unspecified atom stereocenters. The highest BCUT2D eigenvalue weighted by atomic mass is 79.9. The van der Waals surface area contributed by atoms with Crippen LogP contribution >= 0.6 is 27.7 Å². The van der Waals surface area contributed by atoms with E-state index in [2.05, 4.69) is 26.1 Å². The van der Waals surface area contributed by atoms with Crippen molar-refractivity contribution < 1.29 is 18.8 Å². The number of halogens is 2. The maximum atomic E-state index is 13.5. The molecule has 0 saturated heterocycles. The van der Waals surface area contributed by atoms with Crippen LogP contribution in [-0.4, -0.2) is 33.3 Å². The Morgan fingerprint density at radius 1 is 1.14 bits per heavy atom. The molecule has 0 N–H and O–H groups in total. The number of para-hydroxylation sites is 1. The van der Waals surface area contributed by atoms with Gasteiger partial charge in [-0.1, -0.05) is 42.1 Å². The highest BCUT2D eigenvalue weighted by Crippen LogP contribution is 2.43. The van der Waals surface area contributed by atoms with E-state index in [1.165, 1.54) is 31.0 Å². The molecule has 4 rings (SSSR count). The number of thioether (sulfide) groups is 1. The standard InChI is InChI=1S/C25H22BrFN4O4S/c1-16-28-29-25(31(16)20-9-4-3-5-10-20)36-23(14-30(32)33)18-12-21(26)24(22(13-18)34-2)35-15-17-7-6-8-19(27)11-17/h3-13,23H,14-15H2,1-2H3/t23-/m0/s1. The first-order valence-electron chi connectivity index (χ1n) is 10.9. The summed E-state index contributed by atoms with van der Waals surface area (Å²) in [4.78, 5) is 11.2. The number of benzene rings is 3. The molecule has 3 aromatic carbocycles. The second-order valence-electron chi connectivity index (χ2n) is 7.78. The first-order valence-corrected chi connectivity index (χ1v) is 12.5. The Bertz CT molecular complexity index is 1370. The summed E-state index contributed by atoms with van der Waals surface area (Å²) >= 11 is 4.76. The SMILES string of the molecule is COc1cc([C@H](C[N+](=O)[O-])Sc2nnc(C)n2-c2ccccc2)cc(Br)c1OCc1cccc(F)c1. The molecular formula is C25H22BrFN4O4S. The zero-order chi connectivity index (χ0) is 25.7. The highest BCUT2D eigenvalue weighted by Gasteiger charge is 2.26. The van der Waals surface area contributed by atoms with Crippen LogP contribution in [0.5, 0.6) is 11.5 Å². The number of nitrogens with zero attached hydrogens (tertiary/aromatic N) is 4. The van der Waals surface area contributed by atoms with Crippen LogP contribution in [0.25, 0.3) is 5.69 Å². The van der Waals surface area contributed by atoms with Gasteiger partial charge in [0.25, 0.3) is 0 Å². The number of aryl methyl sites for hydroxylation is 1. The van der Waals surface area contributed by atoms with E-state index in [1.807, 2.05) is 41.8 Å². The average molecular weight is 573 g/mol. The van der Waals surface area contributed by atoms with E-state index in [-0.39, 0.29) is 23.9 Å². The van der Waals surface area contributed by atoms with Crippen molar-refractivity contribution in [2.45, 2.75) is 23.9 Å². The fourth-order valence-corrected chi connectivity index (χ4v) is 5.34. The van der Waals surface area contributed by atoms with Gasteiger partial charge in [-0.15, -0.1) is 10.2 Å². The van der Waals surface area contributed by atoms with Gasteiger partial charge in [-0.05, 0) is 70.4 Å². The minimum atomic E-state index is -0.589. The van der Waals surface area contributed by atoms with Crippen molar-refractivity contribution in [1.82, 2.24) is 14.8 Å². The number of rotatable bonds is 10. The zero-order valence-electron chi connectivity index (χ0n) is 19.4. The monoisotopic (exact) mass is 572 g/mol. The van der Waals surface area contributed by atoms with E-state index in [4.69, 9.17) is 9.47 Å². The van der Waals surface area contributed by atoms with Crippen LogP contribution in [0.1, 0.15) is 22.2 Å². The van der Waals surface area contributed by atoms with Crippen LogP contribution < -0.4 is 9.47 Å². The van der Waals surface area contributed by atoms with Crippen molar-refractivity contribution in [3.8, 4) is 17.2 Å². The normalized spacial score (nSPS) is 11.8. The lowest BCUT2D eigenvalue weighted by Gasteiger charge is -2.18. The number of nitro groups is 1. The average Bonchev–Trinajstić information content (AvgIpc) is 3.22. The summed E-state index contributed by atoms with van der Waals surface area (Å²) in [5.74, 6) is 1.13. The number of methoxy groups -OCH3 is 1. The summed E-state index contributed by atoms with van der Waals surface area (Å²) < 4.78 is 27.4. The van der Waals surface area contributed by atoms with Crippen molar-refractivity contribution in [1.29, 1.82) is 0 Å². The molecule has 36 heavy (non-hydrogen) atoms. The first-order chi connectivity index (χ1) is 17.4. The van der Waals surface area contributed by atoms with Crippen LogP contribution in [0.3, 0.4) is 0 Å². The molecule has 1 heterocycles. The Kier molecular flexibility index (Phi) is 8.21. The summed E-state index contributed by atoms with van der Waals surface area (Å²) in [5, 5.41) is 20.0. The summed E-state index contributed by atoms with van der Waals surface area (Å²) in [6, 6.07) is 19.2. The molecule has 1 aromatic heterocycles. The summed E-state index contributed by atoms with van der Waals surface area (Å²) in [5.41, 5.74) is 2.17. The number of ether oxygens (including phenoxy) is 2. The molecule has 0 aliphatic rings. The lowest BCUT2D eigenvalue weighted by Crippen LogP contribution is -2.12. The van der Waals surface area contributed by atoms with Gasteiger partial charge in [0.1, 0.15) is 23.5 Å². The molecule has 186 valence electrons. The van der Waals surface area contributed by atoms with Gasteiger partial charge in [0.2, 0.25) is 6.54 Å². The van der Waals surface area contributed by atoms with Crippen molar-refractivity contribution in [2.75, 3.05) is 13.7 Å². The van der Waals surface area contributed by atoms with E-state index in [0.717, 1.165) is 5.69 Å². The van der Waals surface area contributed by atoms with Crippen LogP contribution in [-0.2, 0) is 6.61 Å². The molecule has 4 aromatic rings. The molecule has 0 aliphatic heterocycles. The van der Waals surface area contributed by atoms with Crippen molar-refractivity contribution in [3.05, 3.63) is 104 Å². The largest absolute Gasteiger partial charge is 0.493 e. The smallest absolute Gasteiger partial charge is 0.220 e. The van der Waals surface area contributed by atoms with Gasteiger partial charge in [0, 0.05) is 10.6 Å². The van der Waals surface area contributed by atoms with Crippen molar-refractivity contribution >= 4 is 27.7 Å². The minimum Gasteiger partial charge on any atom is -0.493 e. The number of hydrogen-bond acceptors (Lipinski definition) is 7. The van der Waals surface area contributed by atoms with Crippen molar-refractivity contribution in [3.63, 3.8) is 0 Å². The van der Waals surface area contributed by atoms with Gasteiger partial charge < -0.3 is 9.47 Å². The first kappa shape index (κ1) is 25.6. The van der Waals surface area contributed by atoms with Gasteiger partial charge in [-0.2, -0.15) is 0 Å². The van der Waals surface area contributed by atoms with Gasteiger partial charge in [0.15, 0.2) is 16.7 Å². The molecule has 0 bridgehead atoms. The second-order valence-corrected chi connectivity index (χ2v) is 9.80. The molecule has 0 fully saturated rings. The molecule has 1 atom stereocenters. The summed E-state index contributed by atoms with van der Waals surface area (Å²) in [6.07, 6.45) is 0. The second kappa shape index (κ2) is 11.5. The molecule has 0 amide bonds. The third kappa shape index (κ3) is 6.03. The predicted molar refractivity (Wildman–Crippen MR) is 138 cm³/mol. The molecule has 11 heteroatoms. The lowest BCUT2D eigenvalue weighted by atomic mass is 10.1. The van der Waals surface area contributed by atoms with Crippen LogP contribution in [0.4, 0.5) is 4.39 Å². The highest BCUT2D eigenvalue weighted by molar-refractivity contribution is 9.10. The fourth-order valence-electron chi connectivity index (χ4n) is 3.61. The Morgan fingerprint density at radius 3 is 2.61 bits per heavy atom. The summed E-state index contributed by atoms with van der Waals surface area (Å²) in [6.45, 7) is 1.61. The molecule has 0 radical (unpaired) electrons. The quantitative estimate of drug-likeness (QED) is 0.127. The maximum absolute atomic E-state index is 13.5. The van der Waals surface area contributed by atoms with E-state index in [0.29, 0.717) is 38.1 Å². The Hall–Kier alpha value is -3.44. The van der Waals surface area contributed by atoms with Gasteiger partial charge in [0.05, 0.1) is 11.6 Å². The Labute approximate surface area is 219 Å². The van der Waals surface area contributed by atoms with E-state index in [1.54, 1.807) is 24.3 Å². The van der Waals surface area contributed by atoms with Gasteiger partial charge >= 0.3 is 0 Å². The number of hydrogen-bond donors (Lipinski definition) is 0. The van der Waals surface area contributed by atoms with Crippen LogP contribution in [0.15, 0.2) is 76.4 Å². The van der Waals surface area contributed by atoms with E-state index < -0.39 is 5.25 Å². The minimum absolute atomic E-state index is 0.124. The molecule has 0 aliphatic carbocycles. The van der Waals surface area contributed by atoms with Crippen LogP contribution in [0.2, 0.25) is 0 Å². The van der Waals surface area contributed by atoms with Gasteiger partial charge in [-0.3, -0.25) is 14.7 Å². The molecular weight excluding hydrogens is 551 g/mol.